The highest BCUT2D eigenvalue weighted by atomic mass is 15.1. The van der Waals surface area contributed by atoms with Crippen molar-refractivity contribution < 1.29 is 0 Å². The molecule has 2 N–H and O–H groups in total. The minimum Gasteiger partial charge on any atom is -0.378 e. The van der Waals surface area contributed by atoms with Crippen molar-refractivity contribution in [2.75, 3.05) is 32.6 Å². The normalized spacial score (nSPS) is 11.2. The van der Waals surface area contributed by atoms with E-state index in [0.717, 1.165) is 35.4 Å². The van der Waals surface area contributed by atoms with Crippen molar-refractivity contribution in [2.24, 2.45) is 0 Å². The fourth-order valence-electron chi connectivity index (χ4n) is 2.91. The molecule has 0 spiro atoms. The van der Waals surface area contributed by atoms with Crippen molar-refractivity contribution in [1.82, 2.24) is 10.3 Å². The first kappa shape index (κ1) is 23.1. The molecule has 148 valence electrons. The molecule has 3 heteroatoms. The van der Waals surface area contributed by atoms with Crippen LogP contribution in [0.25, 0.3) is 11.1 Å². The monoisotopic (exact) mass is 375 g/mol. The zero-order valence-electron chi connectivity index (χ0n) is 17.8. The number of aromatic amines is 1. The van der Waals surface area contributed by atoms with Crippen LogP contribution in [0.15, 0.2) is 55.1 Å². The summed E-state index contributed by atoms with van der Waals surface area (Å²) in [5.74, 6) is 0. The Balaban J connectivity index is 0.00000190. The van der Waals surface area contributed by atoms with Crippen LogP contribution in [0.2, 0.25) is 0 Å². The summed E-state index contributed by atoms with van der Waals surface area (Å²) < 4.78 is 0. The van der Waals surface area contributed by atoms with Crippen LogP contribution in [0.4, 0.5) is 5.69 Å². The van der Waals surface area contributed by atoms with Crippen LogP contribution in [-0.4, -0.2) is 32.7 Å². The van der Waals surface area contributed by atoms with Crippen LogP contribution < -0.4 is 10.2 Å². The van der Waals surface area contributed by atoms with E-state index < -0.39 is 0 Å². The van der Waals surface area contributed by atoms with Gasteiger partial charge in [-0.2, -0.15) is 0 Å². The van der Waals surface area contributed by atoms with Gasteiger partial charge in [-0.25, -0.2) is 0 Å². The molecular formula is C25H33N3. The Bertz CT molecular complexity index is 830. The number of likely N-dealkylation sites (N-methyl/N-ethyl adjacent to an activating group) is 1. The average molecular weight is 376 g/mol. The van der Waals surface area contributed by atoms with Crippen molar-refractivity contribution in [1.29, 1.82) is 0 Å². The minimum atomic E-state index is 0.967. The molecule has 0 bridgehead atoms. The van der Waals surface area contributed by atoms with Gasteiger partial charge in [0.2, 0.25) is 0 Å². The molecule has 2 aromatic rings. The highest BCUT2D eigenvalue weighted by Crippen LogP contribution is 2.25. The van der Waals surface area contributed by atoms with Crippen molar-refractivity contribution in [3.8, 4) is 12.8 Å². The lowest BCUT2D eigenvalue weighted by Gasteiger charge is -2.13. The van der Waals surface area contributed by atoms with Gasteiger partial charge in [0.05, 0.1) is 0 Å². The van der Waals surface area contributed by atoms with Crippen molar-refractivity contribution in [3.63, 3.8) is 0 Å². The topological polar surface area (TPSA) is 31.1 Å². The Morgan fingerprint density at radius 1 is 1.21 bits per heavy atom. The molecule has 0 unspecified atom stereocenters. The number of aromatic nitrogens is 1. The summed E-state index contributed by atoms with van der Waals surface area (Å²) in [6.45, 7) is 9.45. The SMILES string of the molecule is C#C.C=C(/C=C(\C=C/C)c1cc(C)c(CCNC)[nH]1)c1ccc(N(C)C)cc1. The average Bonchev–Trinajstić information content (AvgIpc) is 3.08. The predicted octanol–water partition coefficient (Wildman–Crippen LogP) is 5.07. The molecule has 0 aliphatic heterocycles. The lowest BCUT2D eigenvalue weighted by molar-refractivity contribution is 0.776. The number of H-pyrrole nitrogens is 1. The zero-order chi connectivity index (χ0) is 21.1. The Morgan fingerprint density at radius 3 is 2.39 bits per heavy atom. The number of allylic oxidation sites excluding steroid dienone is 5. The number of hydrogen-bond donors (Lipinski definition) is 2. The molecule has 1 aromatic carbocycles. The molecular weight excluding hydrogens is 342 g/mol. The second-order valence-electron chi connectivity index (χ2n) is 6.76. The summed E-state index contributed by atoms with van der Waals surface area (Å²) in [6.07, 6.45) is 15.3. The molecule has 0 atom stereocenters. The summed E-state index contributed by atoms with van der Waals surface area (Å²) in [6, 6.07) is 10.7. The molecule has 0 aliphatic rings. The van der Waals surface area contributed by atoms with Crippen LogP contribution in [-0.2, 0) is 6.42 Å². The van der Waals surface area contributed by atoms with Crippen LogP contribution >= 0.6 is 0 Å². The maximum absolute atomic E-state index is 4.28. The third kappa shape index (κ3) is 6.33. The van der Waals surface area contributed by atoms with Gasteiger partial charge in [-0.3, -0.25) is 0 Å². The molecule has 0 radical (unpaired) electrons. The largest absolute Gasteiger partial charge is 0.378 e. The van der Waals surface area contributed by atoms with Crippen LogP contribution in [0.1, 0.15) is 29.4 Å². The fourth-order valence-corrected chi connectivity index (χ4v) is 2.91. The first-order chi connectivity index (χ1) is 13.5. The second kappa shape index (κ2) is 11.7. The lowest BCUT2D eigenvalue weighted by atomic mass is 10.0. The van der Waals surface area contributed by atoms with Crippen molar-refractivity contribution in [3.05, 3.63) is 77.7 Å². The molecule has 0 saturated carbocycles. The maximum atomic E-state index is 4.28. The highest BCUT2D eigenvalue weighted by Gasteiger charge is 2.08. The molecule has 0 aliphatic carbocycles. The van der Waals surface area contributed by atoms with Gasteiger partial charge in [0.15, 0.2) is 0 Å². The highest BCUT2D eigenvalue weighted by molar-refractivity contribution is 5.86. The zero-order valence-corrected chi connectivity index (χ0v) is 17.8. The number of benzene rings is 1. The number of rotatable bonds is 8. The number of terminal acetylenes is 1. The lowest BCUT2D eigenvalue weighted by Crippen LogP contribution is -2.11. The van der Waals surface area contributed by atoms with Gasteiger partial charge >= 0.3 is 0 Å². The first-order valence-corrected chi connectivity index (χ1v) is 9.44. The Hall–Kier alpha value is -2.96. The van der Waals surface area contributed by atoms with E-state index in [0.29, 0.717) is 0 Å². The van der Waals surface area contributed by atoms with Gasteiger partial charge in [0.25, 0.3) is 0 Å². The van der Waals surface area contributed by atoms with E-state index in [1.54, 1.807) is 0 Å². The summed E-state index contributed by atoms with van der Waals surface area (Å²) >= 11 is 0. The summed E-state index contributed by atoms with van der Waals surface area (Å²) in [5, 5.41) is 3.21. The smallest absolute Gasteiger partial charge is 0.0458 e. The number of hydrogen-bond acceptors (Lipinski definition) is 2. The standard InChI is InChI=1S/C23H31N3.C2H2/c1-7-8-20(23-16-18(3)22(25-23)13-14-24-4)15-17(2)19-9-11-21(12-10-19)26(5)6;1-2/h7-12,15-16,24-25H,2,13-14H2,1,3-6H3;1-2H/b8-7-,20-15+;. The number of nitrogens with zero attached hydrogens (tertiary/aromatic N) is 1. The second-order valence-corrected chi connectivity index (χ2v) is 6.76. The molecule has 1 aromatic heterocycles. The van der Waals surface area contributed by atoms with E-state index in [9.17, 15) is 0 Å². The molecule has 2 rings (SSSR count). The Kier molecular flexibility index (Phi) is 9.64. The first-order valence-electron chi connectivity index (χ1n) is 9.44. The van der Waals surface area contributed by atoms with E-state index in [1.165, 1.54) is 16.9 Å². The van der Waals surface area contributed by atoms with E-state index in [1.807, 2.05) is 28.1 Å². The van der Waals surface area contributed by atoms with E-state index >= 15 is 0 Å². The van der Waals surface area contributed by atoms with Gasteiger partial charge in [0.1, 0.15) is 0 Å². The maximum Gasteiger partial charge on any atom is 0.0458 e. The number of aryl methyl sites for hydroxylation is 1. The van der Waals surface area contributed by atoms with E-state index in [2.05, 4.69) is 90.1 Å². The van der Waals surface area contributed by atoms with Gasteiger partial charge in [-0.1, -0.05) is 30.9 Å². The molecule has 28 heavy (non-hydrogen) atoms. The van der Waals surface area contributed by atoms with Crippen LogP contribution in [0.3, 0.4) is 0 Å². The Morgan fingerprint density at radius 2 is 1.86 bits per heavy atom. The molecule has 0 amide bonds. The quantitative estimate of drug-likeness (QED) is 0.498. The van der Waals surface area contributed by atoms with Gasteiger partial charge in [-0.05, 0) is 67.4 Å². The molecule has 0 saturated heterocycles. The van der Waals surface area contributed by atoms with E-state index in [4.69, 9.17) is 0 Å². The van der Waals surface area contributed by atoms with Crippen LogP contribution in [0, 0.1) is 19.8 Å². The molecule has 1 heterocycles. The van der Waals surface area contributed by atoms with Crippen molar-refractivity contribution >= 4 is 16.8 Å². The molecule has 0 fully saturated rings. The van der Waals surface area contributed by atoms with Crippen LogP contribution in [0.5, 0.6) is 0 Å². The third-order valence-corrected chi connectivity index (χ3v) is 4.49. The predicted molar refractivity (Wildman–Crippen MR) is 126 cm³/mol. The summed E-state index contributed by atoms with van der Waals surface area (Å²) in [4.78, 5) is 5.67. The molecule has 3 nitrogen and oxygen atoms in total. The number of nitrogens with one attached hydrogen (secondary N) is 2. The van der Waals surface area contributed by atoms with Gasteiger partial charge in [-0.15, -0.1) is 12.8 Å². The minimum absolute atomic E-state index is 0.967. The van der Waals surface area contributed by atoms with Gasteiger partial charge < -0.3 is 15.2 Å². The van der Waals surface area contributed by atoms with Crippen molar-refractivity contribution in [2.45, 2.75) is 20.3 Å². The Labute approximate surface area is 170 Å². The van der Waals surface area contributed by atoms with Gasteiger partial charge in [0, 0.05) is 44.1 Å². The summed E-state index contributed by atoms with van der Waals surface area (Å²) in [5.41, 5.74) is 8.19. The number of anilines is 1. The summed E-state index contributed by atoms with van der Waals surface area (Å²) in [7, 11) is 6.08. The fraction of sp³-hybridized carbons (Fsp3) is 0.280. The van der Waals surface area contributed by atoms with E-state index in [-0.39, 0.29) is 0 Å². The third-order valence-electron chi connectivity index (χ3n) is 4.49.